The second-order valence-corrected chi connectivity index (χ2v) is 5.06. The van der Waals surface area contributed by atoms with Gasteiger partial charge in [-0.15, -0.1) is 0 Å². The summed E-state index contributed by atoms with van der Waals surface area (Å²) >= 11 is 0. The molecule has 0 unspecified atom stereocenters. The van der Waals surface area contributed by atoms with Gasteiger partial charge < -0.3 is 15.0 Å². The standard InChI is InChI=1S/C14H21N3O3/c1-3-8-20-14-9-12(4-5-13(14)17(18)19)16-7-6-15-11(2)10-16/h4-5,9,11,15H,3,6-8,10H2,1-2H3/t11-/m0/s1. The molecule has 1 saturated heterocycles. The van der Waals surface area contributed by atoms with Gasteiger partial charge in [-0.2, -0.15) is 0 Å². The number of piperazine rings is 1. The fourth-order valence-electron chi connectivity index (χ4n) is 2.34. The van der Waals surface area contributed by atoms with Gasteiger partial charge in [0.15, 0.2) is 5.75 Å². The average molecular weight is 279 g/mol. The molecule has 0 saturated carbocycles. The Bertz CT molecular complexity index is 479. The monoisotopic (exact) mass is 279 g/mol. The summed E-state index contributed by atoms with van der Waals surface area (Å²) in [7, 11) is 0. The molecule has 0 bridgehead atoms. The molecule has 0 amide bonds. The van der Waals surface area contributed by atoms with Crippen LogP contribution in [-0.4, -0.2) is 37.2 Å². The predicted octanol–water partition coefficient (Wildman–Crippen LogP) is 2.18. The molecule has 20 heavy (non-hydrogen) atoms. The van der Waals surface area contributed by atoms with Crippen LogP contribution in [0, 0.1) is 10.1 Å². The number of anilines is 1. The number of nitro groups is 1. The maximum absolute atomic E-state index is 11.0. The minimum atomic E-state index is -0.394. The Labute approximate surface area is 118 Å². The molecule has 0 aromatic heterocycles. The Kier molecular flexibility index (Phi) is 4.79. The fourth-order valence-corrected chi connectivity index (χ4v) is 2.34. The van der Waals surface area contributed by atoms with Crippen LogP contribution in [0.4, 0.5) is 11.4 Å². The topological polar surface area (TPSA) is 67.6 Å². The third-order valence-corrected chi connectivity index (χ3v) is 3.34. The molecule has 0 radical (unpaired) electrons. The smallest absolute Gasteiger partial charge is 0.311 e. The number of nitrogens with one attached hydrogen (secondary N) is 1. The highest BCUT2D eigenvalue weighted by Crippen LogP contribution is 2.32. The highest BCUT2D eigenvalue weighted by molar-refractivity contribution is 5.59. The van der Waals surface area contributed by atoms with Crippen LogP contribution in [0.1, 0.15) is 20.3 Å². The molecule has 1 aromatic carbocycles. The average Bonchev–Trinajstić information content (AvgIpc) is 2.44. The van der Waals surface area contributed by atoms with Crippen LogP contribution in [-0.2, 0) is 0 Å². The number of hydrogen-bond donors (Lipinski definition) is 1. The van der Waals surface area contributed by atoms with Crippen molar-refractivity contribution in [2.75, 3.05) is 31.1 Å². The number of benzene rings is 1. The highest BCUT2D eigenvalue weighted by atomic mass is 16.6. The highest BCUT2D eigenvalue weighted by Gasteiger charge is 2.20. The lowest BCUT2D eigenvalue weighted by Gasteiger charge is -2.33. The van der Waals surface area contributed by atoms with Crippen LogP contribution in [0.25, 0.3) is 0 Å². The summed E-state index contributed by atoms with van der Waals surface area (Å²) in [5.74, 6) is 0.362. The van der Waals surface area contributed by atoms with Crippen LogP contribution >= 0.6 is 0 Å². The maximum Gasteiger partial charge on any atom is 0.311 e. The van der Waals surface area contributed by atoms with Gasteiger partial charge in [-0.3, -0.25) is 10.1 Å². The van der Waals surface area contributed by atoms with E-state index in [0.717, 1.165) is 31.7 Å². The number of rotatable bonds is 5. The summed E-state index contributed by atoms with van der Waals surface area (Å²) in [5, 5.41) is 14.4. The fraction of sp³-hybridized carbons (Fsp3) is 0.571. The zero-order chi connectivity index (χ0) is 14.5. The third kappa shape index (κ3) is 3.39. The molecule has 6 heteroatoms. The van der Waals surface area contributed by atoms with Gasteiger partial charge in [0.2, 0.25) is 0 Å². The number of nitrogens with zero attached hydrogens (tertiary/aromatic N) is 2. The Balaban J connectivity index is 2.23. The van der Waals surface area contributed by atoms with Crippen molar-refractivity contribution in [3.63, 3.8) is 0 Å². The summed E-state index contributed by atoms with van der Waals surface area (Å²) < 4.78 is 5.52. The SMILES string of the molecule is CCCOc1cc(N2CCN[C@@H](C)C2)ccc1[N+](=O)[O-]. The minimum absolute atomic E-state index is 0.0328. The summed E-state index contributed by atoms with van der Waals surface area (Å²) in [6.45, 7) is 7.31. The summed E-state index contributed by atoms with van der Waals surface area (Å²) in [5.41, 5.74) is 1.01. The van der Waals surface area contributed by atoms with Crippen molar-refractivity contribution in [2.24, 2.45) is 0 Å². The molecule has 6 nitrogen and oxygen atoms in total. The van der Waals surface area contributed by atoms with Gasteiger partial charge in [0.25, 0.3) is 0 Å². The Morgan fingerprint density at radius 3 is 3.00 bits per heavy atom. The van der Waals surface area contributed by atoms with E-state index in [1.165, 1.54) is 6.07 Å². The molecule has 1 aliphatic heterocycles. The van der Waals surface area contributed by atoms with Crippen LogP contribution in [0.2, 0.25) is 0 Å². The van der Waals surface area contributed by atoms with E-state index >= 15 is 0 Å². The van der Waals surface area contributed by atoms with Crippen LogP contribution in [0.15, 0.2) is 18.2 Å². The van der Waals surface area contributed by atoms with Crippen molar-refractivity contribution in [1.29, 1.82) is 0 Å². The maximum atomic E-state index is 11.0. The second-order valence-electron chi connectivity index (χ2n) is 5.06. The largest absolute Gasteiger partial charge is 0.487 e. The Morgan fingerprint density at radius 1 is 1.55 bits per heavy atom. The third-order valence-electron chi connectivity index (χ3n) is 3.34. The van der Waals surface area contributed by atoms with Crippen molar-refractivity contribution in [3.8, 4) is 5.75 Å². The van der Waals surface area contributed by atoms with Crippen molar-refractivity contribution in [3.05, 3.63) is 28.3 Å². The zero-order valence-corrected chi connectivity index (χ0v) is 12.0. The van der Waals surface area contributed by atoms with E-state index in [4.69, 9.17) is 4.74 Å². The summed E-state index contributed by atoms with van der Waals surface area (Å²) in [6.07, 6.45) is 0.825. The van der Waals surface area contributed by atoms with Crippen molar-refractivity contribution < 1.29 is 9.66 Å². The normalized spacial score (nSPS) is 18.9. The number of ether oxygens (including phenoxy) is 1. The molecule has 110 valence electrons. The Morgan fingerprint density at radius 2 is 2.35 bits per heavy atom. The van der Waals surface area contributed by atoms with E-state index in [-0.39, 0.29) is 5.69 Å². The molecular weight excluding hydrogens is 258 g/mol. The molecule has 1 fully saturated rings. The van der Waals surface area contributed by atoms with Crippen LogP contribution < -0.4 is 15.0 Å². The first-order valence-electron chi connectivity index (χ1n) is 7.01. The molecule has 1 N–H and O–H groups in total. The van der Waals surface area contributed by atoms with Crippen LogP contribution in [0.3, 0.4) is 0 Å². The first-order valence-corrected chi connectivity index (χ1v) is 7.01. The van der Waals surface area contributed by atoms with Gasteiger partial charge in [0, 0.05) is 43.5 Å². The molecule has 0 spiro atoms. The lowest BCUT2D eigenvalue weighted by Crippen LogP contribution is -2.49. The molecule has 1 aromatic rings. The van der Waals surface area contributed by atoms with Gasteiger partial charge in [0.1, 0.15) is 0 Å². The van der Waals surface area contributed by atoms with E-state index in [0.29, 0.717) is 18.4 Å². The van der Waals surface area contributed by atoms with E-state index in [2.05, 4.69) is 17.1 Å². The number of nitro benzene ring substituents is 1. The molecule has 1 heterocycles. The lowest BCUT2D eigenvalue weighted by molar-refractivity contribution is -0.385. The zero-order valence-electron chi connectivity index (χ0n) is 12.0. The van der Waals surface area contributed by atoms with Gasteiger partial charge in [-0.05, 0) is 19.4 Å². The van der Waals surface area contributed by atoms with E-state index in [1.54, 1.807) is 12.1 Å². The van der Waals surface area contributed by atoms with Gasteiger partial charge >= 0.3 is 5.69 Å². The van der Waals surface area contributed by atoms with Gasteiger partial charge in [-0.1, -0.05) is 6.92 Å². The first kappa shape index (κ1) is 14.6. The van der Waals surface area contributed by atoms with Gasteiger partial charge in [0.05, 0.1) is 11.5 Å². The second kappa shape index (κ2) is 6.56. The van der Waals surface area contributed by atoms with Crippen molar-refractivity contribution in [2.45, 2.75) is 26.3 Å². The minimum Gasteiger partial charge on any atom is -0.487 e. The quantitative estimate of drug-likeness (QED) is 0.661. The lowest BCUT2D eigenvalue weighted by atomic mass is 10.2. The summed E-state index contributed by atoms with van der Waals surface area (Å²) in [6, 6.07) is 5.53. The Hall–Kier alpha value is -1.82. The molecule has 1 aliphatic rings. The molecule has 1 atom stereocenters. The molecular formula is C14H21N3O3. The summed E-state index contributed by atoms with van der Waals surface area (Å²) in [4.78, 5) is 12.9. The molecule has 2 rings (SSSR count). The van der Waals surface area contributed by atoms with E-state index in [9.17, 15) is 10.1 Å². The first-order chi connectivity index (χ1) is 9.61. The predicted molar refractivity (Wildman–Crippen MR) is 78.6 cm³/mol. The van der Waals surface area contributed by atoms with Crippen LogP contribution in [0.5, 0.6) is 5.75 Å². The van der Waals surface area contributed by atoms with Gasteiger partial charge in [-0.25, -0.2) is 0 Å². The van der Waals surface area contributed by atoms with E-state index in [1.807, 2.05) is 6.92 Å². The number of hydrogen-bond acceptors (Lipinski definition) is 5. The van der Waals surface area contributed by atoms with Crippen molar-refractivity contribution >= 4 is 11.4 Å². The molecule has 0 aliphatic carbocycles. The van der Waals surface area contributed by atoms with E-state index < -0.39 is 4.92 Å². The van der Waals surface area contributed by atoms with Crippen molar-refractivity contribution in [1.82, 2.24) is 5.32 Å².